The van der Waals surface area contributed by atoms with Gasteiger partial charge in [0.1, 0.15) is 29.6 Å². The Hall–Kier alpha value is -4.79. The number of carbonyl (C=O) groups is 3. The van der Waals surface area contributed by atoms with Crippen molar-refractivity contribution in [1.82, 2.24) is 0 Å². The number of benzene rings is 3. The Morgan fingerprint density at radius 2 is 1.02 bits per heavy atom. The van der Waals surface area contributed by atoms with Crippen molar-refractivity contribution in [2.45, 2.75) is 64.9 Å². The first kappa shape index (κ1) is 35.7. The number of ether oxygens (including phenoxy) is 6. The minimum atomic E-state index is -0.447. The molecule has 0 heterocycles. The predicted octanol–water partition coefficient (Wildman–Crippen LogP) is 7.66. The molecule has 9 heteroatoms. The third-order valence-corrected chi connectivity index (χ3v) is 6.78. The van der Waals surface area contributed by atoms with E-state index in [4.69, 9.17) is 28.4 Å². The molecule has 0 fully saturated rings. The number of esters is 3. The van der Waals surface area contributed by atoms with Crippen LogP contribution in [0.25, 0.3) is 0 Å². The fourth-order valence-electron chi connectivity index (χ4n) is 4.25. The van der Waals surface area contributed by atoms with Crippen LogP contribution in [0.4, 0.5) is 0 Å². The molecule has 3 rings (SSSR count). The topological polar surface area (TPSA) is 107 Å². The molecule has 0 aliphatic heterocycles. The molecule has 0 aliphatic carbocycles. The zero-order chi connectivity index (χ0) is 32.8. The first-order chi connectivity index (χ1) is 22.4. The maximum Gasteiger partial charge on any atom is 0.343 e. The Morgan fingerprint density at radius 3 is 1.54 bits per heavy atom. The molecule has 0 N–H and O–H groups in total. The van der Waals surface area contributed by atoms with Crippen molar-refractivity contribution in [1.29, 1.82) is 0 Å². The summed E-state index contributed by atoms with van der Waals surface area (Å²) in [5.41, 5.74) is 1.37. The van der Waals surface area contributed by atoms with Crippen LogP contribution in [0.1, 0.15) is 74.2 Å². The fraction of sp³-hybridized carbons (Fsp3) is 0.378. The number of hydrogen-bond acceptors (Lipinski definition) is 9. The average molecular weight is 633 g/mol. The second-order valence-corrected chi connectivity index (χ2v) is 10.6. The van der Waals surface area contributed by atoms with Gasteiger partial charge in [-0.3, -0.25) is 4.79 Å². The highest BCUT2D eigenvalue weighted by atomic mass is 16.5. The normalized spacial score (nSPS) is 10.5. The monoisotopic (exact) mass is 632 g/mol. The molecule has 0 saturated heterocycles. The van der Waals surface area contributed by atoms with Crippen molar-refractivity contribution in [3.05, 3.63) is 96.6 Å². The van der Waals surface area contributed by atoms with E-state index in [1.807, 2.05) is 36.4 Å². The zero-order valence-electron chi connectivity index (χ0n) is 26.6. The van der Waals surface area contributed by atoms with Crippen LogP contribution in [0, 0.1) is 0 Å². The largest absolute Gasteiger partial charge is 0.494 e. The zero-order valence-corrected chi connectivity index (χ0v) is 26.6. The lowest BCUT2D eigenvalue weighted by atomic mass is 10.2. The van der Waals surface area contributed by atoms with Gasteiger partial charge in [-0.1, -0.05) is 18.7 Å². The van der Waals surface area contributed by atoms with Crippen molar-refractivity contribution in [3.63, 3.8) is 0 Å². The Balaban J connectivity index is 1.28. The van der Waals surface area contributed by atoms with E-state index in [-0.39, 0.29) is 11.9 Å². The van der Waals surface area contributed by atoms with E-state index in [9.17, 15) is 14.4 Å². The van der Waals surface area contributed by atoms with Gasteiger partial charge >= 0.3 is 17.9 Å². The molecule has 0 atom stereocenters. The van der Waals surface area contributed by atoms with Crippen LogP contribution in [-0.2, 0) is 25.7 Å². The van der Waals surface area contributed by atoms with Crippen LogP contribution >= 0.6 is 0 Å². The van der Waals surface area contributed by atoms with Gasteiger partial charge in [0.2, 0.25) is 0 Å². The highest BCUT2D eigenvalue weighted by Crippen LogP contribution is 2.21. The van der Waals surface area contributed by atoms with Crippen molar-refractivity contribution < 1.29 is 42.8 Å². The van der Waals surface area contributed by atoms with E-state index in [2.05, 4.69) is 6.58 Å². The van der Waals surface area contributed by atoms with Gasteiger partial charge < -0.3 is 28.4 Å². The standard InChI is InChI=1S/C37H44O9/c1-3-36(39)44-27-11-7-6-10-26-43-33-20-22-34(23-21-33)45-28-30-12-16-35(17-13-30)46-37(40)31-14-18-32(19-15-31)42-25-9-5-4-8-24-41-29(2)38/h3,12-23H,1,4-11,24-28H2,2H3. The summed E-state index contributed by atoms with van der Waals surface area (Å²) in [4.78, 5) is 34.3. The smallest absolute Gasteiger partial charge is 0.343 e. The molecule has 0 bridgehead atoms. The van der Waals surface area contributed by atoms with E-state index in [1.54, 1.807) is 36.4 Å². The summed E-state index contributed by atoms with van der Waals surface area (Å²) < 4.78 is 32.8. The number of hydrogen-bond donors (Lipinski definition) is 0. The first-order valence-electron chi connectivity index (χ1n) is 15.7. The quantitative estimate of drug-likeness (QED) is 0.0478. The lowest BCUT2D eigenvalue weighted by Gasteiger charge is -2.10. The van der Waals surface area contributed by atoms with Crippen molar-refractivity contribution in [2.75, 3.05) is 26.4 Å². The number of unbranched alkanes of at least 4 members (excludes halogenated alkanes) is 6. The molecule has 46 heavy (non-hydrogen) atoms. The van der Waals surface area contributed by atoms with Gasteiger partial charge in [-0.05, 0) is 118 Å². The van der Waals surface area contributed by atoms with Gasteiger partial charge in [0.25, 0.3) is 0 Å². The summed E-state index contributed by atoms with van der Waals surface area (Å²) in [6.07, 6.45) is 8.60. The van der Waals surface area contributed by atoms with Gasteiger partial charge in [0.05, 0.1) is 32.0 Å². The van der Waals surface area contributed by atoms with Crippen LogP contribution < -0.4 is 18.9 Å². The van der Waals surface area contributed by atoms with Gasteiger partial charge in [-0.2, -0.15) is 0 Å². The molecular formula is C37H44O9. The Labute approximate surface area is 271 Å². The maximum absolute atomic E-state index is 12.6. The third-order valence-electron chi connectivity index (χ3n) is 6.78. The molecule has 0 aromatic heterocycles. The van der Waals surface area contributed by atoms with Crippen molar-refractivity contribution in [3.8, 4) is 23.0 Å². The first-order valence-corrected chi connectivity index (χ1v) is 15.7. The SMILES string of the molecule is C=CC(=O)OCCCCCCOc1ccc(OCc2ccc(OC(=O)c3ccc(OCCCCCCOC(C)=O)cc3)cc2)cc1. The minimum absolute atomic E-state index is 0.246. The van der Waals surface area contributed by atoms with Crippen molar-refractivity contribution >= 4 is 17.9 Å². The van der Waals surface area contributed by atoms with Crippen molar-refractivity contribution in [2.24, 2.45) is 0 Å². The molecule has 9 nitrogen and oxygen atoms in total. The molecule has 246 valence electrons. The van der Waals surface area contributed by atoms with Gasteiger partial charge in [-0.15, -0.1) is 0 Å². The van der Waals surface area contributed by atoms with Crippen LogP contribution in [-0.4, -0.2) is 44.3 Å². The molecule has 3 aromatic rings. The van der Waals surface area contributed by atoms with E-state index >= 15 is 0 Å². The van der Waals surface area contributed by atoms with E-state index in [1.165, 1.54) is 13.0 Å². The number of rotatable bonds is 22. The fourth-order valence-corrected chi connectivity index (χ4v) is 4.25. The summed E-state index contributed by atoms with van der Waals surface area (Å²) in [6, 6.07) is 21.6. The molecule has 0 saturated carbocycles. The third kappa shape index (κ3) is 14.8. The summed E-state index contributed by atoms with van der Waals surface area (Å²) >= 11 is 0. The predicted molar refractivity (Wildman–Crippen MR) is 174 cm³/mol. The van der Waals surface area contributed by atoms with Crippen LogP contribution in [0.3, 0.4) is 0 Å². The molecule has 0 radical (unpaired) electrons. The molecule has 3 aromatic carbocycles. The van der Waals surface area contributed by atoms with Gasteiger partial charge in [0.15, 0.2) is 0 Å². The van der Waals surface area contributed by atoms with Crippen LogP contribution in [0.5, 0.6) is 23.0 Å². The van der Waals surface area contributed by atoms with E-state index in [0.717, 1.165) is 68.4 Å². The summed E-state index contributed by atoms with van der Waals surface area (Å²) in [5.74, 6) is 1.56. The number of carbonyl (C=O) groups excluding carboxylic acids is 3. The minimum Gasteiger partial charge on any atom is -0.494 e. The highest BCUT2D eigenvalue weighted by Gasteiger charge is 2.09. The lowest BCUT2D eigenvalue weighted by Crippen LogP contribution is -2.08. The Kier molecular flexibility index (Phi) is 16.3. The van der Waals surface area contributed by atoms with Crippen LogP contribution in [0.15, 0.2) is 85.5 Å². The Morgan fingerprint density at radius 1 is 0.565 bits per heavy atom. The van der Waals surface area contributed by atoms with Gasteiger partial charge in [0, 0.05) is 13.0 Å². The lowest BCUT2D eigenvalue weighted by molar-refractivity contribution is -0.141. The molecule has 0 unspecified atom stereocenters. The van der Waals surface area contributed by atoms with Gasteiger partial charge in [-0.25, -0.2) is 9.59 Å². The second kappa shape index (κ2) is 21.0. The molecule has 0 spiro atoms. The Bertz CT molecular complexity index is 1330. The highest BCUT2D eigenvalue weighted by molar-refractivity contribution is 5.91. The second-order valence-electron chi connectivity index (χ2n) is 10.6. The summed E-state index contributed by atoms with van der Waals surface area (Å²) in [6.45, 7) is 7.23. The average Bonchev–Trinajstić information content (AvgIpc) is 3.07. The molecular weight excluding hydrogens is 588 g/mol. The van der Waals surface area contributed by atoms with E-state index in [0.29, 0.717) is 50.1 Å². The van der Waals surface area contributed by atoms with E-state index < -0.39 is 5.97 Å². The summed E-state index contributed by atoms with van der Waals surface area (Å²) in [7, 11) is 0. The maximum atomic E-state index is 12.6. The molecule has 0 amide bonds. The molecule has 0 aliphatic rings. The summed E-state index contributed by atoms with van der Waals surface area (Å²) in [5, 5.41) is 0. The van der Waals surface area contributed by atoms with Crippen LogP contribution in [0.2, 0.25) is 0 Å².